The summed E-state index contributed by atoms with van der Waals surface area (Å²) in [6.07, 6.45) is 2.32. The number of hydrogen-bond donors (Lipinski definition) is 2. The molecular formula is C17H23N5O3S. The lowest BCUT2D eigenvalue weighted by Gasteiger charge is -2.32. The van der Waals surface area contributed by atoms with Crippen LogP contribution in [-0.4, -0.2) is 53.0 Å². The average Bonchev–Trinajstić information content (AvgIpc) is 3.35. The third-order valence-corrected chi connectivity index (χ3v) is 5.22. The summed E-state index contributed by atoms with van der Waals surface area (Å²) in [7, 11) is 0. The van der Waals surface area contributed by atoms with Gasteiger partial charge in [0.1, 0.15) is 0 Å². The molecule has 1 aliphatic rings. The molecule has 1 fully saturated rings. The minimum atomic E-state index is -0.159. The van der Waals surface area contributed by atoms with Crippen molar-refractivity contribution >= 4 is 23.2 Å². The normalized spacial score (nSPS) is 17.3. The maximum absolute atomic E-state index is 12.5. The highest BCUT2D eigenvalue weighted by Gasteiger charge is 2.28. The summed E-state index contributed by atoms with van der Waals surface area (Å²) in [4.78, 5) is 31.6. The molecule has 1 saturated heterocycles. The highest BCUT2D eigenvalue weighted by molar-refractivity contribution is 7.13. The summed E-state index contributed by atoms with van der Waals surface area (Å²) in [5, 5.41) is 8.70. The van der Waals surface area contributed by atoms with Crippen molar-refractivity contribution in [3.8, 4) is 10.7 Å². The van der Waals surface area contributed by atoms with Crippen molar-refractivity contribution in [1.82, 2.24) is 20.4 Å². The van der Waals surface area contributed by atoms with Crippen LogP contribution in [0.2, 0.25) is 0 Å². The van der Waals surface area contributed by atoms with Gasteiger partial charge in [-0.25, -0.2) is 0 Å². The van der Waals surface area contributed by atoms with Gasteiger partial charge in [0, 0.05) is 39.0 Å². The molecule has 0 bridgehead atoms. The minimum Gasteiger partial charge on any atom is -0.355 e. The standard InChI is InChI=1S/C17H23N5O3S/c18-7-8-19-17(24)12-3-1-9-22(11-12)15(23)6-5-14-20-16(21-25-14)13-4-2-10-26-13/h2,4,10,12H,1,3,5-9,11,18H2,(H,19,24). The van der Waals surface area contributed by atoms with Gasteiger partial charge in [0.2, 0.25) is 23.5 Å². The first-order chi connectivity index (χ1) is 12.7. The van der Waals surface area contributed by atoms with Crippen molar-refractivity contribution in [1.29, 1.82) is 0 Å². The lowest BCUT2D eigenvalue weighted by Crippen LogP contribution is -2.46. The van der Waals surface area contributed by atoms with Crippen LogP contribution in [0, 0.1) is 5.92 Å². The van der Waals surface area contributed by atoms with Gasteiger partial charge in [-0.05, 0) is 24.3 Å². The number of likely N-dealkylation sites (tertiary alicyclic amines) is 1. The molecule has 0 saturated carbocycles. The third-order valence-electron chi connectivity index (χ3n) is 4.35. The van der Waals surface area contributed by atoms with Gasteiger partial charge < -0.3 is 20.5 Å². The molecule has 3 heterocycles. The number of thiophene rings is 1. The van der Waals surface area contributed by atoms with E-state index in [2.05, 4.69) is 15.5 Å². The molecule has 1 aliphatic heterocycles. The zero-order chi connectivity index (χ0) is 18.4. The molecule has 1 unspecified atom stereocenters. The van der Waals surface area contributed by atoms with E-state index in [0.717, 1.165) is 17.7 Å². The monoisotopic (exact) mass is 377 g/mol. The molecule has 2 aromatic heterocycles. The number of rotatable bonds is 7. The minimum absolute atomic E-state index is 0.0113. The predicted molar refractivity (Wildman–Crippen MR) is 97.3 cm³/mol. The Morgan fingerprint density at radius 1 is 1.46 bits per heavy atom. The maximum Gasteiger partial charge on any atom is 0.227 e. The lowest BCUT2D eigenvalue weighted by molar-refractivity contribution is -0.135. The second kappa shape index (κ2) is 8.91. The quantitative estimate of drug-likeness (QED) is 0.745. The Morgan fingerprint density at radius 2 is 2.35 bits per heavy atom. The summed E-state index contributed by atoms with van der Waals surface area (Å²) < 4.78 is 5.23. The van der Waals surface area contributed by atoms with Gasteiger partial charge in [-0.3, -0.25) is 9.59 Å². The molecule has 8 nitrogen and oxygen atoms in total. The summed E-state index contributed by atoms with van der Waals surface area (Å²) in [6.45, 7) is 2.02. The van der Waals surface area contributed by atoms with E-state index in [9.17, 15) is 9.59 Å². The van der Waals surface area contributed by atoms with Crippen LogP contribution in [0.1, 0.15) is 25.2 Å². The third kappa shape index (κ3) is 4.67. The molecule has 2 amide bonds. The Labute approximate surface area is 155 Å². The number of nitrogens with one attached hydrogen (secondary N) is 1. The first-order valence-corrected chi connectivity index (χ1v) is 9.67. The fraction of sp³-hybridized carbons (Fsp3) is 0.529. The number of aryl methyl sites for hydroxylation is 1. The largest absolute Gasteiger partial charge is 0.355 e. The SMILES string of the molecule is NCCNC(=O)C1CCCN(C(=O)CCc2nc(-c3cccs3)no2)C1. The molecule has 0 aliphatic carbocycles. The van der Waals surface area contributed by atoms with Crippen LogP contribution in [0.15, 0.2) is 22.0 Å². The summed E-state index contributed by atoms with van der Waals surface area (Å²) in [5.41, 5.74) is 5.41. The van der Waals surface area contributed by atoms with Gasteiger partial charge >= 0.3 is 0 Å². The fourth-order valence-corrected chi connectivity index (χ4v) is 3.64. The van der Waals surface area contributed by atoms with E-state index < -0.39 is 0 Å². The van der Waals surface area contributed by atoms with Crippen LogP contribution in [-0.2, 0) is 16.0 Å². The maximum atomic E-state index is 12.5. The van der Waals surface area contributed by atoms with E-state index in [-0.39, 0.29) is 17.7 Å². The van der Waals surface area contributed by atoms with Gasteiger partial charge in [0.05, 0.1) is 10.8 Å². The van der Waals surface area contributed by atoms with Crippen LogP contribution < -0.4 is 11.1 Å². The van der Waals surface area contributed by atoms with Gasteiger partial charge in [-0.2, -0.15) is 4.98 Å². The highest BCUT2D eigenvalue weighted by atomic mass is 32.1. The molecule has 2 aromatic rings. The number of nitrogens with two attached hydrogens (primary N) is 1. The van der Waals surface area contributed by atoms with E-state index in [4.69, 9.17) is 10.3 Å². The lowest BCUT2D eigenvalue weighted by atomic mass is 9.96. The summed E-state index contributed by atoms with van der Waals surface area (Å²) >= 11 is 1.54. The smallest absolute Gasteiger partial charge is 0.227 e. The van der Waals surface area contributed by atoms with Crippen molar-refractivity contribution < 1.29 is 14.1 Å². The Kier molecular flexibility index (Phi) is 6.35. The Bertz CT molecular complexity index is 731. The first-order valence-electron chi connectivity index (χ1n) is 8.79. The molecule has 0 aromatic carbocycles. The first kappa shape index (κ1) is 18.5. The number of nitrogens with zero attached hydrogens (tertiary/aromatic N) is 3. The zero-order valence-corrected chi connectivity index (χ0v) is 15.3. The number of piperidine rings is 1. The van der Waals surface area contributed by atoms with Crippen molar-refractivity contribution in [2.75, 3.05) is 26.2 Å². The van der Waals surface area contributed by atoms with Crippen molar-refractivity contribution in [3.05, 3.63) is 23.4 Å². The average molecular weight is 377 g/mol. The summed E-state index contributed by atoms with van der Waals surface area (Å²) in [6, 6.07) is 3.85. The van der Waals surface area contributed by atoms with Crippen LogP contribution in [0.25, 0.3) is 10.7 Å². The van der Waals surface area contributed by atoms with E-state index >= 15 is 0 Å². The predicted octanol–water partition coefficient (Wildman–Crippen LogP) is 1.04. The van der Waals surface area contributed by atoms with E-state index in [0.29, 0.717) is 50.7 Å². The zero-order valence-electron chi connectivity index (χ0n) is 14.5. The molecule has 0 spiro atoms. The fourth-order valence-electron chi connectivity index (χ4n) is 2.99. The second-order valence-corrected chi connectivity index (χ2v) is 7.20. The van der Waals surface area contributed by atoms with Gasteiger partial charge in [0.25, 0.3) is 0 Å². The van der Waals surface area contributed by atoms with Crippen molar-refractivity contribution in [3.63, 3.8) is 0 Å². The molecular weight excluding hydrogens is 354 g/mol. The molecule has 3 rings (SSSR count). The number of hydrogen-bond acceptors (Lipinski definition) is 7. The van der Waals surface area contributed by atoms with E-state index in [1.807, 2.05) is 17.5 Å². The molecule has 3 N–H and O–H groups in total. The Morgan fingerprint density at radius 3 is 3.12 bits per heavy atom. The van der Waals surface area contributed by atoms with Crippen LogP contribution in [0.3, 0.4) is 0 Å². The van der Waals surface area contributed by atoms with Gasteiger partial charge in [-0.15, -0.1) is 11.3 Å². The van der Waals surface area contributed by atoms with Crippen LogP contribution >= 0.6 is 11.3 Å². The number of carbonyl (C=O) groups is 2. The van der Waals surface area contributed by atoms with Crippen LogP contribution in [0.4, 0.5) is 0 Å². The topological polar surface area (TPSA) is 114 Å². The van der Waals surface area contributed by atoms with Crippen molar-refractivity contribution in [2.24, 2.45) is 11.7 Å². The number of aromatic nitrogens is 2. The molecule has 1 atom stereocenters. The molecule has 140 valence electrons. The van der Waals surface area contributed by atoms with Crippen molar-refractivity contribution in [2.45, 2.75) is 25.7 Å². The molecule has 9 heteroatoms. The Balaban J connectivity index is 1.49. The molecule has 0 radical (unpaired) electrons. The van der Waals surface area contributed by atoms with Gasteiger partial charge in [-0.1, -0.05) is 11.2 Å². The Hall–Kier alpha value is -2.26. The number of carbonyl (C=O) groups excluding carboxylic acids is 2. The number of amides is 2. The van der Waals surface area contributed by atoms with E-state index in [1.165, 1.54) is 11.3 Å². The highest BCUT2D eigenvalue weighted by Crippen LogP contribution is 2.22. The molecule has 26 heavy (non-hydrogen) atoms. The second-order valence-electron chi connectivity index (χ2n) is 6.25. The van der Waals surface area contributed by atoms with E-state index in [1.54, 1.807) is 4.90 Å². The summed E-state index contributed by atoms with van der Waals surface area (Å²) in [5.74, 6) is 0.837. The van der Waals surface area contributed by atoms with Crippen LogP contribution in [0.5, 0.6) is 0 Å². The van der Waals surface area contributed by atoms with Gasteiger partial charge in [0.15, 0.2) is 0 Å².